The van der Waals surface area contributed by atoms with E-state index in [1.807, 2.05) is 30.3 Å². The normalized spacial score (nSPS) is 31.4. The summed E-state index contributed by atoms with van der Waals surface area (Å²) < 4.78 is 5.72. The first-order valence-corrected chi connectivity index (χ1v) is 10.7. The van der Waals surface area contributed by atoms with Crippen LogP contribution in [0.2, 0.25) is 0 Å². The average molecular weight is 376 g/mol. The summed E-state index contributed by atoms with van der Waals surface area (Å²) in [5.41, 5.74) is 2.74. The Kier molecular flexibility index (Phi) is 4.41. The maximum Gasteiger partial charge on any atom is 0.265 e. The first-order valence-electron chi connectivity index (χ1n) is 10.7. The lowest BCUT2D eigenvalue weighted by Gasteiger charge is -2.57. The molecule has 0 unspecified atom stereocenters. The maximum absolute atomic E-state index is 12.5. The predicted octanol–water partition coefficient (Wildman–Crippen LogP) is 5.56. The molecule has 4 aliphatic rings. The molecule has 4 saturated carbocycles. The summed E-state index contributed by atoms with van der Waals surface area (Å²) in [6.45, 7) is 1.78. The second kappa shape index (κ2) is 6.95. The van der Waals surface area contributed by atoms with Gasteiger partial charge in [-0.1, -0.05) is 30.3 Å². The molecule has 1 amide bonds. The Morgan fingerprint density at radius 3 is 2.07 bits per heavy atom. The quantitative estimate of drug-likeness (QED) is 0.743. The van der Waals surface area contributed by atoms with Crippen LogP contribution in [-0.2, 0) is 10.2 Å². The molecule has 4 aliphatic carbocycles. The molecule has 0 aliphatic heterocycles. The number of benzene rings is 2. The predicted molar refractivity (Wildman–Crippen MR) is 111 cm³/mol. The van der Waals surface area contributed by atoms with Gasteiger partial charge in [0.15, 0.2) is 6.10 Å². The molecule has 0 aromatic heterocycles. The molecule has 0 radical (unpaired) electrons. The number of amides is 1. The van der Waals surface area contributed by atoms with Crippen LogP contribution >= 0.6 is 0 Å². The zero-order valence-corrected chi connectivity index (χ0v) is 16.6. The third-order valence-electron chi connectivity index (χ3n) is 7.23. The van der Waals surface area contributed by atoms with Crippen molar-refractivity contribution in [2.24, 2.45) is 17.8 Å². The molecule has 28 heavy (non-hydrogen) atoms. The third-order valence-corrected chi connectivity index (χ3v) is 7.23. The molecule has 2 aromatic carbocycles. The fourth-order valence-corrected chi connectivity index (χ4v) is 6.37. The highest BCUT2D eigenvalue weighted by Crippen LogP contribution is 2.60. The van der Waals surface area contributed by atoms with E-state index >= 15 is 0 Å². The number of nitrogens with one attached hydrogen (secondary N) is 1. The Morgan fingerprint density at radius 1 is 0.929 bits per heavy atom. The average Bonchev–Trinajstić information content (AvgIpc) is 2.68. The van der Waals surface area contributed by atoms with E-state index in [0.717, 1.165) is 23.4 Å². The molecule has 1 N–H and O–H groups in total. The number of para-hydroxylation sites is 1. The van der Waals surface area contributed by atoms with Gasteiger partial charge in [-0.3, -0.25) is 4.79 Å². The van der Waals surface area contributed by atoms with Gasteiger partial charge in [-0.05, 0) is 98.4 Å². The summed E-state index contributed by atoms with van der Waals surface area (Å²) in [5, 5.41) is 3.00. The van der Waals surface area contributed by atoms with Gasteiger partial charge in [0.25, 0.3) is 5.91 Å². The Hall–Kier alpha value is -2.29. The molecule has 1 atom stereocenters. The number of hydrogen-bond donors (Lipinski definition) is 1. The molecule has 2 aromatic rings. The van der Waals surface area contributed by atoms with Crippen LogP contribution in [0.15, 0.2) is 54.6 Å². The molecule has 3 nitrogen and oxygen atoms in total. The van der Waals surface area contributed by atoms with Crippen molar-refractivity contribution in [3.05, 3.63) is 60.2 Å². The monoisotopic (exact) mass is 375 g/mol. The van der Waals surface area contributed by atoms with Crippen molar-refractivity contribution in [2.75, 3.05) is 5.32 Å². The topological polar surface area (TPSA) is 38.3 Å². The van der Waals surface area contributed by atoms with Crippen molar-refractivity contribution < 1.29 is 9.53 Å². The highest BCUT2D eigenvalue weighted by Gasteiger charge is 2.51. The minimum absolute atomic E-state index is 0.119. The zero-order chi connectivity index (χ0) is 19.1. The van der Waals surface area contributed by atoms with Crippen molar-refractivity contribution in [2.45, 2.75) is 57.0 Å². The molecule has 4 bridgehead atoms. The number of ether oxygens (including phenoxy) is 1. The number of carbonyl (C=O) groups is 1. The van der Waals surface area contributed by atoms with Crippen LogP contribution in [0.5, 0.6) is 5.75 Å². The number of anilines is 1. The van der Waals surface area contributed by atoms with Gasteiger partial charge in [0, 0.05) is 5.69 Å². The van der Waals surface area contributed by atoms with Crippen LogP contribution in [-0.4, -0.2) is 12.0 Å². The van der Waals surface area contributed by atoms with Gasteiger partial charge in [-0.2, -0.15) is 0 Å². The molecular formula is C25H29NO2. The zero-order valence-electron chi connectivity index (χ0n) is 16.6. The minimum Gasteiger partial charge on any atom is -0.481 e. The van der Waals surface area contributed by atoms with Crippen LogP contribution < -0.4 is 10.1 Å². The van der Waals surface area contributed by atoms with E-state index in [2.05, 4.69) is 29.6 Å². The van der Waals surface area contributed by atoms with Crippen molar-refractivity contribution in [3.63, 3.8) is 0 Å². The highest BCUT2D eigenvalue weighted by molar-refractivity contribution is 5.94. The molecule has 4 fully saturated rings. The van der Waals surface area contributed by atoms with Gasteiger partial charge in [0.1, 0.15) is 5.75 Å². The largest absolute Gasteiger partial charge is 0.481 e. The summed E-state index contributed by atoms with van der Waals surface area (Å²) in [5.74, 6) is 3.43. The second-order valence-electron chi connectivity index (χ2n) is 9.34. The minimum atomic E-state index is -0.537. The van der Waals surface area contributed by atoms with Crippen molar-refractivity contribution >= 4 is 11.6 Å². The molecule has 0 heterocycles. The fourth-order valence-electron chi connectivity index (χ4n) is 6.37. The molecule has 0 spiro atoms. The Labute approximate surface area is 167 Å². The standard InChI is InChI=1S/C25H29NO2/c1-17(28-23-5-3-2-4-6-23)24(27)26-22-9-7-21(8-10-22)25-14-18-11-19(15-25)13-20(12-18)16-25/h2-10,17-20H,11-16H2,1H3,(H,26,27)/t17-,18?,19?,20?,25?/m1/s1. The summed E-state index contributed by atoms with van der Waals surface area (Å²) >= 11 is 0. The Balaban J connectivity index is 1.25. The molecular weight excluding hydrogens is 346 g/mol. The smallest absolute Gasteiger partial charge is 0.265 e. The van der Waals surface area contributed by atoms with Gasteiger partial charge in [-0.15, -0.1) is 0 Å². The van der Waals surface area contributed by atoms with Crippen LogP contribution in [0, 0.1) is 17.8 Å². The van der Waals surface area contributed by atoms with E-state index in [4.69, 9.17) is 4.74 Å². The lowest BCUT2D eigenvalue weighted by atomic mass is 9.48. The second-order valence-corrected chi connectivity index (χ2v) is 9.34. The van der Waals surface area contributed by atoms with Crippen molar-refractivity contribution in [3.8, 4) is 5.75 Å². The van der Waals surface area contributed by atoms with Crippen molar-refractivity contribution in [1.29, 1.82) is 0 Å². The Morgan fingerprint density at radius 2 is 1.50 bits per heavy atom. The van der Waals surface area contributed by atoms with Crippen molar-refractivity contribution in [1.82, 2.24) is 0 Å². The summed E-state index contributed by atoms with van der Waals surface area (Å²) in [4.78, 5) is 12.5. The maximum atomic E-state index is 12.5. The first-order chi connectivity index (χ1) is 13.6. The molecule has 0 saturated heterocycles. The van der Waals surface area contributed by atoms with E-state index in [1.54, 1.807) is 6.92 Å². The van der Waals surface area contributed by atoms with E-state index in [-0.39, 0.29) is 5.91 Å². The van der Waals surface area contributed by atoms with Crippen LogP contribution in [0.1, 0.15) is 51.0 Å². The fraction of sp³-hybridized carbons (Fsp3) is 0.480. The van der Waals surface area contributed by atoms with Crippen LogP contribution in [0.4, 0.5) is 5.69 Å². The first kappa shape index (κ1) is 17.8. The highest BCUT2D eigenvalue weighted by atomic mass is 16.5. The van der Waals surface area contributed by atoms with Gasteiger partial charge >= 0.3 is 0 Å². The lowest BCUT2D eigenvalue weighted by Crippen LogP contribution is -2.48. The van der Waals surface area contributed by atoms with Gasteiger partial charge < -0.3 is 10.1 Å². The van der Waals surface area contributed by atoms with Gasteiger partial charge in [0.2, 0.25) is 0 Å². The SMILES string of the molecule is C[C@@H](Oc1ccccc1)C(=O)Nc1ccc(C23CC4CC(CC(C4)C2)C3)cc1. The van der Waals surface area contributed by atoms with Crippen LogP contribution in [0.3, 0.4) is 0 Å². The summed E-state index contributed by atoms with van der Waals surface area (Å²) in [6, 6.07) is 18.1. The number of rotatable bonds is 5. The van der Waals surface area contributed by atoms with E-state index in [1.165, 1.54) is 44.1 Å². The number of carbonyl (C=O) groups excluding carboxylic acids is 1. The van der Waals surface area contributed by atoms with Gasteiger partial charge in [0.05, 0.1) is 0 Å². The van der Waals surface area contributed by atoms with E-state index < -0.39 is 6.10 Å². The third kappa shape index (κ3) is 3.32. The number of hydrogen-bond acceptors (Lipinski definition) is 2. The molecule has 6 rings (SSSR count). The van der Waals surface area contributed by atoms with Crippen LogP contribution in [0.25, 0.3) is 0 Å². The Bertz CT molecular complexity index is 807. The molecule has 3 heteroatoms. The van der Waals surface area contributed by atoms with E-state index in [0.29, 0.717) is 11.2 Å². The molecule has 146 valence electrons. The summed E-state index contributed by atoms with van der Waals surface area (Å²) in [7, 11) is 0. The van der Waals surface area contributed by atoms with Gasteiger partial charge in [-0.25, -0.2) is 0 Å². The lowest BCUT2D eigenvalue weighted by molar-refractivity contribution is -0.122. The summed E-state index contributed by atoms with van der Waals surface area (Å²) in [6.07, 6.45) is 7.96. The van der Waals surface area contributed by atoms with E-state index in [9.17, 15) is 4.79 Å².